The Balaban J connectivity index is 1.65. The van der Waals surface area contributed by atoms with Gasteiger partial charge in [0.2, 0.25) is 0 Å². The monoisotopic (exact) mass is 362 g/mol. The fourth-order valence-corrected chi connectivity index (χ4v) is 3.51. The molecule has 140 valence electrons. The van der Waals surface area contributed by atoms with Crippen LogP contribution in [0.4, 0.5) is 11.5 Å². The number of piperidine rings is 1. The SMILES string of the molecule is CN(C)c1ccc(-c2cc3nccnc3c(NCC3CCCNC3)n2)cc1. The van der Waals surface area contributed by atoms with Crippen molar-refractivity contribution < 1.29 is 0 Å². The fourth-order valence-electron chi connectivity index (χ4n) is 3.51. The Morgan fingerprint density at radius 1 is 1.15 bits per heavy atom. The van der Waals surface area contributed by atoms with Gasteiger partial charge in [-0.3, -0.25) is 4.98 Å². The highest BCUT2D eigenvalue weighted by Crippen LogP contribution is 2.27. The molecular weight excluding hydrogens is 336 g/mol. The lowest BCUT2D eigenvalue weighted by molar-refractivity contribution is 0.392. The molecule has 1 aromatic carbocycles. The summed E-state index contributed by atoms with van der Waals surface area (Å²) in [6.07, 6.45) is 5.94. The first-order valence-electron chi connectivity index (χ1n) is 9.55. The molecule has 4 rings (SSSR count). The van der Waals surface area contributed by atoms with Crippen molar-refractivity contribution in [3.8, 4) is 11.3 Å². The Labute approximate surface area is 160 Å². The van der Waals surface area contributed by atoms with Gasteiger partial charge in [0.05, 0.1) is 11.2 Å². The summed E-state index contributed by atoms with van der Waals surface area (Å²) in [6.45, 7) is 3.08. The molecule has 3 heterocycles. The summed E-state index contributed by atoms with van der Waals surface area (Å²) in [5, 5.41) is 7.00. The average molecular weight is 362 g/mol. The van der Waals surface area contributed by atoms with Crippen LogP contribution in [0.1, 0.15) is 12.8 Å². The van der Waals surface area contributed by atoms with Gasteiger partial charge in [-0.05, 0) is 50.0 Å². The quantitative estimate of drug-likeness (QED) is 0.727. The molecule has 0 radical (unpaired) electrons. The molecule has 2 N–H and O–H groups in total. The number of anilines is 2. The van der Waals surface area contributed by atoms with Crippen molar-refractivity contribution in [3.05, 3.63) is 42.7 Å². The van der Waals surface area contributed by atoms with Crippen molar-refractivity contribution in [1.82, 2.24) is 20.3 Å². The molecule has 1 saturated heterocycles. The molecule has 1 aliphatic heterocycles. The maximum absolute atomic E-state index is 4.88. The molecule has 27 heavy (non-hydrogen) atoms. The topological polar surface area (TPSA) is 66.0 Å². The minimum absolute atomic E-state index is 0.621. The van der Waals surface area contributed by atoms with Gasteiger partial charge in [0.1, 0.15) is 5.52 Å². The number of pyridine rings is 1. The van der Waals surface area contributed by atoms with Crippen LogP contribution < -0.4 is 15.5 Å². The van der Waals surface area contributed by atoms with E-state index in [1.54, 1.807) is 12.4 Å². The number of nitrogens with zero attached hydrogens (tertiary/aromatic N) is 4. The van der Waals surface area contributed by atoms with Crippen molar-refractivity contribution in [2.75, 3.05) is 43.9 Å². The number of rotatable bonds is 5. The summed E-state index contributed by atoms with van der Waals surface area (Å²) in [5.74, 6) is 1.44. The van der Waals surface area contributed by atoms with E-state index in [1.165, 1.54) is 18.5 Å². The highest BCUT2D eigenvalue weighted by molar-refractivity contribution is 5.88. The lowest BCUT2D eigenvalue weighted by Gasteiger charge is -2.23. The third-order valence-corrected chi connectivity index (χ3v) is 5.09. The van der Waals surface area contributed by atoms with E-state index in [0.717, 1.165) is 47.7 Å². The number of hydrogen-bond donors (Lipinski definition) is 2. The molecule has 0 saturated carbocycles. The second-order valence-electron chi connectivity index (χ2n) is 7.31. The Bertz CT molecular complexity index is 900. The lowest BCUT2D eigenvalue weighted by Crippen LogP contribution is -2.33. The molecule has 2 aromatic heterocycles. The van der Waals surface area contributed by atoms with Gasteiger partial charge in [0.25, 0.3) is 0 Å². The van der Waals surface area contributed by atoms with Gasteiger partial charge in [-0.1, -0.05) is 12.1 Å². The van der Waals surface area contributed by atoms with Crippen molar-refractivity contribution >= 4 is 22.5 Å². The highest BCUT2D eigenvalue weighted by Gasteiger charge is 2.15. The molecule has 0 bridgehead atoms. The lowest BCUT2D eigenvalue weighted by atomic mass is 10.00. The highest BCUT2D eigenvalue weighted by atomic mass is 15.1. The Hall–Kier alpha value is -2.73. The fraction of sp³-hybridized carbons (Fsp3) is 0.381. The molecule has 1 aliphatic rings. The molecule has 6 heteroatoms. The predicted octanol–water partition coefficient (Wildman–Crippen LogP) is 3.17. The van der Waals surface area contributed by atoms with E-state index in [-0.39, 0.29) is 0 Å². The normalized spacial score (nSPS) is 17.0. The maximum atomic E-state index is 4.88. The van der Waals surface area contributed by atoms with Gasteiger partial charge in [-0.15, -0.1) is 0 Å². The Morgan fingerprint density at radius 3 is 2.70 bits per heavy atom. The molecule has 1 unspecified atom stereocenters. The van der Waals surface area contributed by atoms with Crippen LogP contribution >= 0.6 is 0 Å². The van der Waals surface area contributed by atoms with E-state index in [4.69, 9.17) is 4.98 Å². The third kappa shape index (κ3) is 4.01. The standard InChI is InChI=1S/C21H26N6/c1-27(2)17-7-5-16(6-8-17)18-12-19-20(24-11-10-23-19)21(26-18)25-14-15-4-3-9-22-13-15/h5-8,10-12,15,22H,3-4,9,13-14H2,1-2H3,(H,25,26). The first-order valence-corrected chi connectivity index (χ1v) is 9.55. The molecule has 3 aromatic rings. The molecule has 0 aliphatic carbocycles. The van der Waals surface area contributed by atoms with Gasteiger partial charge >= 0.3 is 0 Å². The van der Waals surface area contributed by atoms with Gasteiger partial charge in [-0.25, -0.2) is 9.97 Å². The third-order valence-electron chi connectivity index (χ3n) is 5.09. The van der Waals surface area contributed by atoms with Crippen LogP contribution in [0.25, 0.3) is 22.3 Å². The Morgan fingerprint density at radius 2 is 1.96 bits per heavy atom. The van der Waals surface area contributed by atoms with Crippen LogP contribution in [-0.4, -0.2) is 48.7 Å². The van der Waals surface area contributed by atoms with Crippen LogP contribution in [0.2, 0.25) is 0 Å². The number of aromatic nitrogens is 3. The van der Waals surface area contributed by atoms with Crippen LogP contribution in [0.3, 0.4) is 0 Å². The largest absolute Gasteiger partial charge is 0.378 e. The summed E-state index contributed by atoms with van der Waals surface area (Å²) < 4.78 is 0. The van der Waals surface area contributed by atoms with E-state index in [0.29, 0.717) is 5.92 Å². The summed E-state index contributed by atoms with van der Waals surface area (Å²) in [4.78, 5) is 16.0. The molecule has 0 amide bonds. The first-order chi connectivity index (χ1) is 13.2. The summed E-state index contributed by atoms with van der Waals surface area (Å²) in [6, 6.07) is 10.4. The molecular formula is C21H26N6. The predicted molar refractivity (Wildman–Crippen MR) is 111 cm³/mol. The minimum Gasteiger partial charge on any atom is -0.378 e. The van der Waals surface area contributed by atoms with Crippen molar-refractivity contribution in [1.29, 1.82) is 0 Å². The minimum atomic E-state index is 0.621. The summed E-state index contributed by atoms with van der Waals surface area (Å²) >= 11 is 0. The number of fused-ring (bicyclic) bond motifs is 1. The van der Waals surface area contributed by atoms with Crippen LogP contribution in [0.15, 0.2) is 42.7 Å². The van der Waals surface area contributed by atoms with Gasteiger partial charge in [-0.2, -0.15) is 0 Å². The van der Waals surface area contributed by atoms with Crippen LogP contribution in [0.5, 0.6) is 0 Å². The Kier molecular flexibility index (Phi) is 5.16. The summed E-state index contributed by atoms with van der Waals surface area (Å²) in [7, 11) is 4.09. The van der Waals surface area contributed by atoms with E-state index < -0.39 is 0 Å². The van der Waals surface area contributed by atoms with Gasteiger partial charge in [0, 0.05) is 44.3 Å². The van der Waals surface area contributed by atoms with Crippen molar-refractivity contribution in [2.45, 2.75) is 12.8 Å². The van der Waals surface area contributed by atoms with Crippen LogP contribution in [-0.2, 0) is 0 Å². The zero-order valence-corrected chi connectivity index (χ0v) is 15.9. The molecule has 6 nitrogen and oxygen atoms in total. The second kappa shape index (κ2) is 7.88. The van der Waals surface area contributed by atoms with E-state index >= 15 is 0 Å². The van der Waals surface area contributed by atoms with Crippen molar-refractivity contribution in [3.63, 3.8) is 0 Å². The zero-order valence-electron chi connectivity index (χ0n) is 15.9. The maximum Gasteiger partial charge on any atom is 0.154 e. The molecule has 0 spiro atoms. The molecule has 1 atom stereocenters. The smallest absolute Gasteiger partial charge is 0.154 e. The first kappa shape index (κ1) is 17.7. The number of hydrogen-bond acceptors (Lipinski definition) is 6. The van der Waals surface area contributed by atoms with Crippen LogP contribution in [0, 0.1) is 5.92 Å². The van der Waals surface area contributed by atoms with E-state index in [2.05, 4.69) is 49.8 Å². The summed E-state index contributed by atoms with van der Waals surface area (Å²) in [5.41, 5.74) is 4.86. The van der Waals surface area contributed by atoms with E-state index in [9.17, 15) is 0 Å². The van der Waals surface area contributed by atoms with Crippen molar-refractivity contribution in [2.24, 2.45) is 5.92 Å². The molecule has 1 fully saturated rings. The van der Waals surface area contributed by atoms with Gasteiger partial charge in [0.15, 0.2) is 5.82 Å². The van der Waals surface area contributed by atoms with Gasteiger partial charge < -0.3 is 15.5 Å². The number of nitrogens with one attached hydrogen (secondary N) is 2. The zero-order chi connectivity index (χ0) is 18.6. The number of benzene rings is 1. The average Bonchev–Trinajstić information content (AvgIpc) is 2.72. The second-order valence-corrected chi connectivity index (χ2v) is 7.31. The van der Waals surface area contributed by atoms with E-state index in [1.807, 2.05) is 20.2 Å².